The molecule has 7 N–H and O–H groups in total. The van der Waals surface area contributed by atoms with Gasteiger partial charge in [-0.05, 0) is 0 Å². The van der Waals surface area contributed by atoms with Gasteiger partial charge in [-0.3, -0.25) is 20.2 Å². The van der Waals surface area contributed by atoms with Gasteiger partial charge in [0.05, 0.1) is 9.85 Å². The molecule has 0 aromatic carbocycles. The van der Waals surface area contributed by atoms with Crippen molar-refractivity contribution in [3.8, 4) is 0 Å². The number of aliphatic hydroxyl groups is 7. The highest BCUT2D eigenvalue weighted by Gasteiger charge is 2.56. The highest BCUT2D eigenvalue weighted by molar-refractivity contribution is 4.95. The molecule has 0 aromatic rings. The molecular formula is C13H22N2O15. The van der Waals surface area contributed by atoms with Crippen LogP contribution in [0, 0.1) is 20.2 Å². The monoisotopic (exact) mass is 446 g/mol. The number of nitrogens with zero attached hydrogens (tertiary/aromatic N) is 2. The molecule has 2 fully saturated rings. The maximum Gasteiger partial charge on any atom is 0.342 e. The number of aliphatic hydroxyl groups excluding tert-OH is 7. The number of hydrogen-bond donors (Lipinski definition) is 7. The van der Waals surface area contributed by atoms with Gasteiger partial charge >= 0.3 is 12.5 Å². The summed E-state index contributed by atoms with van der Waals surface area (Å²) in [5, 5.41) is 91.0. The maximum absolute atomic E-state index is 11.0. The van der Waals surface area contributed by atoms with Crippen LogP contribution in [-0.2, 0) is 18.9 Å². The zero-order valence-electron chi connectivity index (χ0n) is 15.2. The van der Waals surface area contributed by atoms with Crippen molar-refractivity contribution in [1.82, 2.24) is 0 Å². The second-order valence-electron chi connectivity index (χ2n) is 6.63. The van der Waals surface area contributed by atoms with E-state index in [1.807, 2.05) is 0 Å². The van der Waals surface area contributed by atoms with Crippen molar-refractivity contribution in [2.45, 2.75) is 73.9 Å². The number of rotatable bonds is 7. The number of hydrogen-bond acceptors (Lipinski definition) is 15. The zero-order valence-corrected chi connectivity index (χ0v) is 15.2. The Balaban J connectivity index is 2.30. The van der Waals surface area contributed by atoms with E-state index in [1.54, 1.807) is 0 Å². The Bertz CT molecular complexity index is 623. The van der Waals surface area contributed by atoms with Crippen LogP contribution in [-0.4, -0.2) is 127 Å². The van der Waals surface area contributed by atoms with Gasteiger partial charge in [-0.2, -0.15) is 0 Å². The third-order valence-corrected chi connectivity index (χ3v) is 4.73. The third-order valence-electron chi connectivity index (χ3n) is 4.73. The van der Waals surface area contributed by atoms with Gasteiger partial charge in [0.25, 0.3) is 0 Å². The summed E-state index contributed by atoms with van der Waals surface area (Å²) >= 11 is 0. The summed E-state index contributed by atoms with van der Waals surface area (Å²) in [5.41, 5.74) is 0. The lowest BCUT2D eigenvalue weighted by Crippen LogP contribution is -2.67. The summed E-state index contributed by atoms with van der Waals surface area (Å²) in [4.78, 5) is 19.3. The van der Waals surface area contributed by atoms with Crippen molar-refractivity contribution >= 4 is 0 Å². The maximum atomic E-state index is 11.0. The Morgan fingerprint density at radius 2 is 1.23 bits per heavy atom. The van der Waals surface area contributed by atoms with E-state index < -0.39 is 83.7 Å². The van der Waals surface area contributed by atoms with E-state index in [0.717, 1.165) is 7.11 Å². The summed E-state index contributed by atoms with van der Waals surface area (Å²) in [6.45, 7) is 0. The molecular weight excluding hydrogens is 424 g/mol. The molecule has 0 radical (unpaired) electrons. The van der Waals surface area contributed by atoms with Crippen LogP contribution in [0.25, 0.3) is 0 Å². The molecule has 2 aliphatic rings. The lowest BCUT2D eigenvalue weighted by atomic mass is 9.95. The smallest absolute Gasteiger partial charge is 0.342 e. The van der Waals surface area contributed by atoms with Crippen LogP contribution in [0.3, 0.4) is 0 Å². The van der Waals surface area contributed by atoms with Crippen LogP contribution in [0.15, 0.2) is 0 Å². The van der Waals surface area contributed by atoms with Gasteiger partial charge in [-0.25, -0.2) is 0 Å². The number of ether oxygens (including phenoxy) is 4. The Morgan fingerprint density at radius 3 is 1.73 bits per heavy atom. The lowest BCUT2D eigenvalue weighted by molar-refractivity contribution is -0.597. The molecule has 2 heterocycles. The van der Waals surface area contributed by atoms with Gasteiger partial charge in [0, 0.05) is 7.11 Å². The summed E-state index contributed by atoms with van der Waals surface area (Å²) in [7, 11) is 1.03. The Morgan fingerprint density at radius 1 is 0.767 bits per heavy atom. The van der Waals surface area contributed by atoms with Gasteiger partial charge in [-0.15, -0.1) is 0 Å². The molecule has 17 nitrogen and oxygen atoms in total. The van der Waals surface area contributed by atoms with Crippen molar-refractivity contribution in [2.24, 2.45) is 0 Å². The van der Waals surface area contributed by atoms with E-state index >= 15 is 0 Å². The summed E-state index contributed by atoms with van der Waals surface area (Å²) in [6, 6.07) is 0. The van der Waals surface area contributed by atoms with Gasteiger partial charge in [0.2, 0.25) is 0 Å². The molecule has 30 heavy (non-hydrogen) atoms. The second kappa shape index (κ2) is 9.66. The second-order valence-corrected chi connectivity index (χ2v) is 6.63. The van der Waals surface area contributed by atoms with Crippen LogP contribution in [0.5, 0.6) is 0 Å². The van der Waals surface area contributed by atoms with Crippen molar-refractivity contribution in [3.63, 3.8) is 0 Å². The predicted molar refractivity (Wildman–Crippen MR) is 85.2 cm³/mol. The highest BCUT2D eigenvalue weighted by Crippen LogP contribution is 2.31. The highest BCUT2D eigenvalue weighted by atomic mass is 16.8. The van der Waals surface area contributed by atoms with Crippen LogP contribution >= 0.6 is 0 Å². The molecule has 2 unspecified atom stereocenters. The van der Waals surface area contributed by atoms with Crippen LogP contribution in [0.2, 0.25) is 0 Å². The van der Waals surface area contributed by atoms with Crippen molar-refractivity contribution in [1.29, 1.82) is 0 Å². The standard InChI is InChI=1S/C13H22N2O15/c1-27-12-6(20)4(18)7(9(30-12)11(22)15(25)26)28-13-5(19)2(16)3(17)8(29-13)10(21)14(23)24/h2-13,16-22H,1H3/t2-,3-,4+,5+,6+,7-,8-,9-,10?,11?,12+,13+/m0/s1. The lowest BCUT2D eigenvalue weighted by Gasteiger charge is -2.45. The first-order chi connectivity index (χ1) is 13.9. The van der Waals surface area contributed by atoms with Crippen LogP contribution in [0.4, 0.5) is 0 Å². The van der Waals surface area contributed by atoms with Gasteiger partial charge in [0.1, 0.15) is 36.6 Å². The normalized spacial score (nSPS) is 44.3. The minimum atomic E-state index is -2.57. The zero-order chi connectivity index (χ0) is 22.9. The average molecular weight is 446 g/mol. The molecule has 0 spiro atoms. The van der Waals surface area contributed by atoms with E-state index in [2.05, 4.69) is 0 Å². The molecule has 0 bridgehead atoms. The average Bonchev–Trinajstić information content (AvgIpc) is 2.70. The largest absolute Gasteiger partial charge is 0.387 e. The Labute approximate surface area is 166 Å². The van der Waals surface area contributed by atoms with Crippen LogP contribution in [0.1, 0.15) is 0 Å². The van der Waals surface area contributed by atoms with E-state index in [4.69, 9.17) is 18.9 Å². The molecule has 17 heteroatoms. The molecule has 12 atom stereocenters. The fraction of sp³-hybridized carbons (Fsp3) is 1.00. The summed E-state index contributed by atoms with van der Waals surface area (Å²) in [6.07, 6.45) is -25.2. The first kappa shape index (κ1) is 24.6. The van der Waals surface area contributed by atoms with Crippen LogP contribution < -0.4 is 0 Å². The fourth-order valence-corrected chi connectivity index (χ4v) is 3.08. The predicted octanol–water partition coefficient (Wildman–Crippen LogP) is -5.54. The quantitative estimate of drug-likeness (QED) is 0.109. The minimum absolute atomic E-state index is 1.03. The molecule has 2 rings (SSSR count). The molecule has 174 valence electrons. The van der Waals surface area contributed by atoms with Crippen molar-refractivity contribution in [3.05, 3.63) is 20.2 Å². The fourth-order valence-electron chi connectivity index (χ4n) is 3.08. The van der Waals surface area contributed by atoms with Gasteiger partial charge in [-0.1, -0.05) is 0 Å². The molecule has 0 aliphatic carbocycles. The molecule has 0 aromatic heterocycles. The Hall–Kier alpha value is -1.64. The Kier molecular flexibility index (Phi) is 7.93. The number of methoxy groups -OCH3 is 1. The first-order valence-electron chi connectivity index (χ1n) is 8.45. The molecule has 2 aliphatic heterocycles. The van der Waals surface area contributed by atoms with E-state index in [-0.39, 0.29) is 0 Å². The first-order valence-corrected chi connectivity index (χ1v) is 8.45. The summed E-state index contributed by atoms with van der Waals surface area (Å²) < 4.78 is 19.8. The third kappa shape index (κ3) is 4.65. The number of nitro groups is 2. The molecule has 2 saturated heterocycles. The van der Waals surface area contributed by atoms with Crippen molar-refractivity contribution < 1.29 is 64.5 Å². The molecule has 0 amide bonds. The minimum Gasteiger partial charge on any atom is -0.387 e. The van der Waals surface area contributed by atoms with E-state index in [0.29, 0.717) is 0 Å². The van der Waals surface area contributed by atoms with Crippen molar-refractivity contribution in [2.75, 3.05) is 7.11 Å². The SMILES string of the molecule is CO[C@@H]1O[C@H](C(O)[N+](=O)[O-])[C@@H](O[C@@H]2O[C@H](C(O)[N+](=O)[O-])[C@@H](O)[C@H](O)[C@H]2O)[C@H](O)[C@H]1O. The van der Waals surface area contributed by atoms with Gasteiger partial charge < -0.3 is 54.7 Å². The summed E-state index contributed by atoms with van der Waals surface area (Å²) in [5.74, 6) is 0. The molecule has 0 saturated carbocycles. The topological polar surface area (TPSA) is 265 Å². The van der Waals surface area contributed by atoms with E-state index in [1.165, 1.54) is 0 Å². The van der Waals surface area contributed by atoms with Gasteiger partial charge in [0.15, 0.2) is 24.8 Å². The van der Waals surface area contributed by atoms with E-state index in [9.17, 15) is 56.0 Å².